The molecule has 0 fully saturated rings. The average molecular weight is 344 g/mol. The Bertz CT molecular complexity index is 951. The molecular weight excluding hydrogens is 328 g/mol. The number of fused-ring (bicyclic) bond motifs is 1. The van der Waals surface area contributed by atoms with Crippen molar-refractivity contribution in [3.63, 3.8) is 0 Å². The van der Waals surface area contributed by atoms with Crippen LogP contribution in [0.2, 0.25) is 0 Å². The number of ether oxygens (including phenoxy) is 1. The van der Waals surface area contributed by atoms with E-state index in [1.165, 1.54) is 12.1 Å². The Labute approximate surface area is 142 Å². The largest absolute Gasteiger partial charge is 0.451 e. The Morgan fingerprint density at radius 2 is 2.12 bits per heavy atom. The smallest absolute Gasteiger partial charge is 0.355 e. The number of carbonyl (C=O) groups is 1. The third kappa shape index (κ3) is 3.35. The van der Waals surface area contributed by atoms with E-state index in [9.17, 15) is 14.9 Å². The second-order valence-corrected chi connectivity index (χ2v) is 6.51. The maximum Gasteiger partial charge on any atom is 0.355 e. The summed E-state index contributed by atoms with van der Waals surface area (Å²) in [6, 6.07) is 6.08. The topological polar surface area (TPSA) is 124 Å². The van der Waals surface area contributed by atoms with Gasteiger partial charge in [-0.1, -0.05) is 32.9 Å². The van der Waals surface area contributed by atoms with Crippen molar-refractivity contribution in [3.05, 3.63) is 51.9 Å². The van der Waals surface area contributed by atoms with Gasteiger partial charge >= 0.3 is 5.97 Å². The second kappa shape index (κ2) is 6.00. The predicted octanol–water partition coefficient (Wildman–Crippen LogP) is 3.11. The lowest BCUT2D eigenvalue weighted by molar-refractivity contribution is -0.383. The van der Waals surface area contributed by atoms with Crippen molar-refractivity contribution < 1.29 is 18.9 Å². The van der Waals surface area contributed by atoms with Gasteiger partial charge in [-0.3, -0.25) is 10.1 Å². The number of aromatic nitrogens is 3. The number of nitrogens with one attached hydrogen (secondary N) is 1. The molecular formula is C16H16N4O5. The van der Waals surface area contributed by atoms with E-state index < -0.39 is 10.9 Å². The van der Waals surface area contributed by atoms with Crippen LogP contribution in [0.15, 0.2) is 28.7 Å². The molecule has 2 aromatic heterocycles. The van der Waals surface area contributed by atoms with Gasteiger partial charge in [0.2, 0.25) is 5.89 Å². The molecule has 0 amide bonds. The highest BCUT2D eigenvalue weighted by Gasteiger charge is 2.22. The quantitative estimate of drug-likeness (QED) is 0.438. The summed E-state index contributed by atoms with van der Waals surface area (Å²) >= 11 is 0. The molecule has 2 heterocycles. The van der Waals surface area contributed by atoms with Crippen LogP contribution < -0.4 is 0 Å². The molecule has 9 nitrogen and oxygen atoms in total. The zero-order chi connectivity index (χ0) is 18.2. The molecule has 0 aliphatic carbocycles. The van der Waals surface area contributed by atoms with Crippen LogP contribution in [0.1, 0.15) is 43.0 Å². The van der Waals surface area contributed by atoms with E-state index in [1.807, 2.05) is 20.8 Å². The molecule has 0 aliphatic heterocycles. The van der Waals surface area contributed by atoms with Crippen molar-refractivity contribution in [1.29, 1.82) is 0 Å². The van der Waals surface area contributed by atoms with Gasteiger partial charge in [0.15, 0.2) is 6.61 Å². The second-order valence-electron chi connectivity index (χ2n) is 6.51. The number of H-pyrrole nitrogens is 1. The first kappa shape index (κ1) is 16.6. The number of nitrogens with zero attached hydrogens (tertiary/aromatic N) is 3. The van der Waals surface area contributed by atoms with Crippen molar-refractivity contribution in [2.75, 3.05) is 0 Å². The van der Waals surface area contributed by atoms with E-state index in [-0.39, 0.29) is 34.8 Å². The first-order valence-corrected chi connectivity index (χ1v) is 7.52. The van der Waals surface area contributed by atoms with Gasteiger partial charge in [-0.05, 0) is 6.07 Å². The fourth-order valence-corrected chi connectivity index (χ4v) is 2.22. The van der Waals surface area contributed by atoms with E-state index in [0.29, 0.717) is 11.3 Å². The van der Waals surface area contributed by atoms with Crippen molar-refractivity contribution >= 4 is 22.6 Å². The van der Waals surface area contributed by atoms with Crippen LogP contribution in [0.3, 0.4) is 0 Å². The fourth-order valence-electron chi connectivity index (χ4n) is 2.22. The monoisotopic (exact) mass is 344 g/mol. The number of aromatic amines is 1. The van der Waals surface area contributed by atoms with Gasteiger partial charge in [0.25, 0.3) is 11.6 Å². The predicted molar refractivity (Wildman–Crippen MR) is 87.1 cm³/mol. The lowest BCUT2D eigenvalue weighted by atomic mass is 9.97. The van der Waals surface area contributed by atoms with Crippen LogP contribution in [0.25, 0.3) is 10.9 Å². The Morgan fingerprint density at radius 1 is 1.36 bits per heavy atom. The van der Waals surface area contributed by atoms with Crippen LogP contribution >= 0.6 is 0 Å². The molecule has 130 valence electrons. The Hall–Kier alpha value is -3.23. The van der Waals surface area contributed by atoms with E-state index in [0.717, 1.165) is 0 Å². The number of nitro benzene ring substituents is 1. The van der Waals surface area contributed by atoms with E-state index in [1.54, 1.807) is 12.1 Å². The van der Waals surface area contributed by atoms with E-state index in [2.05, 4.69) is 15.2 Å². The summed E-state index contributed by atoms with van der Waals surface area (Å²) in [7, 11) is 0. The lowest BCUT2D eigenvalue weighted by Crippen LogP contribution is -2.11. The Balaban J connectivity index is 1.75. The fraction of sp³-hybridized carbons (Fsp3) is 0.312. The van der Waals surface area contributed by atoms with Gasteiger partial charge in [-0.2, -0.15) is 0 Å². The van der Waals surface area contributed by atoms with Crippen LogP contribution in [-0.4, -0.2) is 26.1 Å². The summed E-state index contributed by atoms with van der Waals surface area (Å²) in [6.07, 6.45) is 0. The SMILES string of the molecule is CC(C)(C)c1nnc(COC(=O)c2cc3cccc([N+](=O)[O-])c3[nH]2)o1. The van der Waals surface area contributed by atoms with Crippen LogP contribution in [0, 0.1) is 10.1 Å². The molecule has 3 aromatic rings. The zero-order valence-corrected chi connectivity index (χ0v) is 13.9. The first-order chi connectivity index (χ1) is 11.8. The van der Waals surface area contributed by atoms with Gasteiger partial charge in [0.05, 0.1) is 4.92 Å². The number of esters is 1. The summed E-state index contributed by atoms with van der Waals surface area (Å²) < 4.78 is 10.6. The summed E-state index contributed by atoms with van der Waals surface area (Å²) in [4.78, 5) is 25.4. The molecule has 25 heavy (non-hydrogen) atoms. The number of rotatable bonds is 4. The third-order valence-corrected chi connectivity index (χ3v) is 3.49. The van der Waals surface area contributed by atoms with Crippen molar-refractivity contribution in [2.45, 2.75) is 32.8 Å². The molecule has 0 saturated heterocycles. The normalized spacial score (nSPS) is 11.6. The highest BCUT2D eigenvalue weighted by atomic mass is 16.6. The Kier molecular flexibility index (Phi) is 3.99. The third-order valence-electron chi connectivity index (χ3n) is 3.49. The van der Waals surface area contributed by atoms with Crippen molar-refractivity contribution in [1.82, 2.24) is 15.2 Å². The van der Waals surface area contributed by atoms with E-state index in [4.69, 9.17) is 9.15 Å². The maximum absolute atomic E-state index is 12.2. The minimum atomic E-state index is -0.666. The summed E-state index contributed by atoms with van der Waals surface area (Å²) in [6.45, 7) is 5.59. The standard InChI is InChI=1S/C16H16N4O5/c1-16(2,3)15-19-18-12(25-15)8-24-14(21)10-7-9-5-4-6-11(20(22)23)13(9)17-10/h4-7,17H,8H2,1-3H3. The highest BCUT2D eigenvalue weighted by Crippen LogP contribution is 2.26. The van der Waals surface area contributed by atoms with Gasteiger partial charge in [-0.25, -0.2) is 4.79 Å². The number of para-hydroxylation sites is 1. The molecule has 1 aromatic carbocycles. The minimum absolute atomic E-state index is 0.108. The molecule has 0 atom stereocenters. The number of non-ortho nitro benzene ring substituents is 1. The number of hydrogen-bond donors (Lipinski definition) is 1. The Morgan fingerprint density at radius 3 is 2.76 bits per heavy atom. The van der Waals surface area contributed by atoms with Crippen LogP contribution in [0.5, 0.6) is 0 Å². The number of carbonyl (C=O) groups excluding carboxylic acids is 1. The lowest BCUT2D eigenvalue weighted by Gasteiger charge is -2.10. The molecule has 0 bridgehead atoms. The van der Waals surface area contributed by atoms with Crippen LogP contribution in [0.4, 0.5) is 5.69 Å². The highest BCUT2D eigenvalue weighted by molar-refractivity contribution is 5.97. The zero-order valence-electron chi connectivity index (χ0n) is 13.9. The maximum atomic E-state index is 12.2. The molecule has 9 heteroatoms. The molecule has 0 spiro atoms. The first-order valence-electron chi connectivity index (χ1n) is 7.52. The summed E-state index contributed by atoms with van der Waals surface area (Å²) in [5.41, 5.74) is -0.0267. The van der Waals surface area contributed by atoms with Gasteiger partial charge < -0.3 is 14.1 Å². The summed E-state index contributed by atoms with van der Waals surface area (Å²) in [5.74, 6) is -0.0406. The van der Waals surface area contributed by atoms with Gasteiger partial charge in [-0.15, -0.1) is 10.2 Å². The molecule has 3 rings (SSSR count). The molecule has 0 saturated carbocycles. The summed E-state index contributed by atoms with van der Waals surface area (Å²) in [5, 5.41) is 19.3. The van der Waals surface area contributed by atoms with Crippen molar-refractivity contribution in [2.24, 2.45) is 0 Å². The van der Waals surface area contributed by atoms with Gasteiger partial charge in [0, 0.05) is 16.9 Å². The molecule has 0 aliphatic rings. The molecule has 0 unspecified atom stereocenters. The minimum Gasteiger partial charge on any atom is -0.451 e. The average Bonchev–Trinajstić information content (AvgIpc) is 3.18. The van der Waals surface area contributed by atoms with E-state index >= 15 is 0 Å². The number of hydrogen-bond acceptors (Lipinski definition) is 7. The number of benzene rings is 1. The van der Waals surface area contributed by atoms with Crippen LogP contribution in [-0.2, 0) is 16.8 Å². The molecule has 0 radical (unpaired) electrons. The van der Waals surface area contributed by atoms with Crippen molar-refractivity contribution in [3.8, 4) is 0 Å². The molecule has 1 N–H and O–H groups in total. The number of nitro groups is 1. The van der Waals surface area contributed by atoms with Gasteiger partial charge in [0.1, 0.15) is 11.2 Å².